The molecule has 0 saturated carbocycles. The standard InChI is InChI=1S/C17H19NO3/c19-11-13(10-12-6-2-1-3-7-12)18-16(20)14-8-4-5-9-15(14)17(18)21/h1-7,13-15,19H,8-11H2/t13-,14-,15+/m1/s1. The molecule has 1 aliphatic carbocycles. The molecule has 2 aliphatic rings. The number of nitrogens with zero attached hydrogens (tertiary/aromatic N) is 1. The highest BCUT2D eigenvalue weighted by molar-refractivity contribution is 6.05. The predicted octanol–water partition coefficient (Wildman–Crippen LogP) is 1.54. The first-order valence-corrected chi connectivity index (χ1v) is 7.39. The first kappa shape index (κ1) is 14.0. The topological polar surface area (TPSA) is 57.6 Å². The van der Waals surface area contributed by atoms with Crippen molar-refractivity contribution in [2.24, 2.45) is 11.8 Å². The van der Waals surface area contributed by atoms with Crippen LogP contribution in [0.25, 0.3) is 0 Å². The van der Waals surface area contributed by atoms with Crippen LogP contribution in [0.5, 0.6) is 0 Å². The summed E-state index contributed by atoms with van der Waals surface area (Å²) in [6.07, 6.45) is 5.72. The van der Waals surface area contributed by atoms with E-state index in [9.17, 15) is 14.7 Å². The third kappa shape index (κ3) is 2.51. The van der Waals surface area contributed by atoms with Crippen LogP contribution in [-0.4, -0.2) is 34.5 Å². The maximum absolute atomic E-state index is 12.5. The molecule has 3 rings (SSSR count). The van der Waals surface area contributed by atoms with Gasteiger partial charge in [-0.2, -0.15) is 0 Å². The smallest absolute Gasteiger partial charge is 0.233 e. The number of benzene rings is 1. The Kier molecular flexibility index (Phi) is 3.88. The van der Waals surface area contributed by atoms with Gasteiger partial charge in [-0.1, -0.05) is 42.5 Å². The molecule has 1 N–H and O–H groups in total. The van der Waals surface area contributed by atoms with Crippen molar-refractivity contribution in [3.05, 3.63) is 48.0 Å². The summed E-state index contributed by atoms with van der Waals surface area (Å²) in [5, 5.41) is 9.66. The van der Waals surface area contributed by atoms with E-state index >= 15 is 0 Å². The summed E-state index contributed by atoms with van der Waals surface area (Å²) >= 11 is 0. The number of aliphatic hydroxyl groups is 1. The first-order chi connectivity index (χ1) is 10.2. The average molecular weight is 285 g/mol. The van der Waals surface area contributed by atoms with Crippen molar-refractivity contribution in [2.75, 3.05) is 6.61 Å². The summed E-state index contributed by atoms with van der Waals surface area (Å²) < 4.78 is 0. The molecule has 1 saturated heterocycles. The molecule has 0 unspecified atom stereocenters. The van der Waals surface area contributed by atoms with E-state index in [0.717, 1.165) is 5.56 Å². The van der Waals surface area contributed by atoms with Gasteiger partial charge in [0.25, 0.3) is 0 Å². The molecule has 110 valence electrons. The lowest BCUT2D eigenvalue weighted by Gasteiger charge is -2.25. The first-order valence-electron chi connectivity index (χ1n) is 7.39. The van der Waals surface area contributed by atoms with Gasteiger partial charge in [0.05, 0.1) is 24.5 Å². The maximum Gasteiger partial charge on any atom is 0.233 e. The Morgan fingerprint density at radius 3 is 2.14 bits per heavy atom. The molecule has 4 nitrogen and oxygen atoms in total. The van der Waals surface area contributed by atoms with E-state index in [1.165, 1.54) is 4.90 Å². The van der Waals surface area contributed by atoms with Crippen molar-refractivity contribution in [2.45, 2.75) is 25.3 Å². The Hall–Kier alpha value is -1.94. The monoisotopic (exact) mass is 285 g/mol. The fourth-order valence-electron chi connectivity index (χ4n) is 3.31. The third-order valence-electron chi connectivity index (χ3n) is 4.43. The number of amides is 2. The molecule has 4 heteroatoms. The second kappa shape index (κ2) is 5.82. The SMILES string of the molecule is O=C1[C@H]2CC=CC[C@H]2C(=O)N1[C@@H](CO)Cc1ccccc1. The van der Waals surface area contributed by atoms with Gasteiger partial charge in [-0.25, -0.2) is 0 Å². The van der Waals surface area contributed by atoms with Crippen LogP contribution < -0.4 is 0 Å². The fraction of sp³-hybridized carbons (Fsp3) is 0.412. The summed E-state index contributed by atoms with van der Waals surface area (Å²) in [6, 6.07) is 9.19. The number of allylic oxidation sites excluding steroid dienone is 2. The zero-order chi connectivity index (χ0) is 14.8. The van der Waals surface area contributed by atoms with Crippen LogP contribution in [0.3, 0.4) is 0 Å². The number of aliphatic hydroxyl groups excluding tert-OH is 1. The molecule has 0 spiro atoms. The molecule has 3 atom stereocenters. The van der Waals surface area contributed by atoms with Crippen LogP contribution in [-0.2, 0) is 16.0 Å². The zero-order valence-corrected chi connectivity index (χ0v) is 11.8. The van der Waals surface area contributed by atoms with E-state index in [-0.39, 0.29) is 30.3 Å². The molecule has 1 fully saturated rings. The van der Waals surface area contributed by atoms with Crippen LogP contribution in [0.2, 0.25) is 0 Å². The van der Waals surface area contributed by atoms with Crippen LogP contribution in [0, 0.1) is 11.8 Å². The number of hydrogen-bond donors (Lipinski definition) is 1. The van der Waals surface area contributed by atoms with Gasteiger partial charge >= 0.3 is 0 Å². The van der Waals surface area contributed by atoms with Crippen LogP contribution in [0.4, 0.5) is 0 Å². The van der Waals surface area contributed by atoms with Gasteiger partial charge in [0.2, 0.25) is 11.8 Å². The van der Waals surface area contributed by atoms with Crippen LogP contribution in [0.1, 0.15) is 18.4 Å². The Morgan fingerprint density at radius 1 is 1.05 bits per heavy atom. The second-order valence-electron chi connectivity index (χ2n) is 5.73. The van der Waals surface area contributed by atoms with Gasteiger partial charge in [0, 0.05) is 0 Å². The van der Waals surface area contributed by atoms with E-state index < -0.39 is 6.04 Å². The second-order valence-corrected chi connectivity index (χ2v) is 5.73. The van der Waals surface area contributed by atoms with Crippen LogP contribution in [0.15, 0.2) is 42.5 Å². The number of imide groups is 1. The number of rotatable bonds is 4. The molecule has 0 aromatic heterocycles. The number of fused-ring (bicyclic) bond motifs is 1. The molecular weight excluding hydrogens is 266 g/mol. The Bertz CT molecular complexity index is 541. The largest absolute Gasteiger partial charge is 0.394 e. The molecule has 1 heterocycles. The number of carbonyl (C=O) groups is 2. The van der Waals surface area contributed by atoms with Crippen molar-refractivity contribution in [3.63, 3.8) is 0 Å². The predicted molar refractivity (Wildman–Crippen MR) is 78.2 cm³/mol. The fourth-order valence-corrected chi connectivity index (χ4v) is 3.31. The highest BCUT2D eigenvalue weighted by atomic mass is 16.3. The van der Waals surface area contributed by atoms with Gasteiger partial charge < -0.3 is 5.11 Å². The zero-order valence-electron chi connectivity index (χ0n) is 11.8. The molecule has 1 aromatic carbocycles. The van der Waals surface area contributed by atoms with E-state index in [0.29, 0.717) is 19.3 Å². The van der Waals surface area contributed by atoms with Crippen LogP contribution >= 0.6 is 0 Å². The van der Waals surface area contributed by atoms with Gasteiger partial charge in [-0.15, -0.1) is 0 Å². The van der Waals surface area contributed by atoms with Crippen molar-refractivity contribution in [1.29, 1.82) is 0 Å². The van der Waals surface area contributed by atoms with Crippen molar-refractivity contribution in [1.82, 2.24) is 4.90 Å². The molecule has 21 heavy (non-hydrogen) atoms. The van der Waals surface area contributed by atoms with E-state index in [1.54, 1.807) is 0 Å². The maximum atomic E-state index is 12.5. The lowest BCUT2D eigenvalue weighted by molar-refractivity contribution is -0.143. The van der Waals surface area contributed by atoms with Crippen molar-refractivity contribution >= 4 is 11.8 Å². The van der Waals surface area contributed by atoms with E-state index in [4.69, 9.17) is 0 Å². The van der Waals surface area contributed by atoms with Gasteiger partial charge in [0.15, 0.2) is 0 Å². The molecular formula is C17H19NO3. The minimum atomic E-state index is -0.460. The normalized spacial score (nSPS) is 26.0. The summed E-state index contributed by atoms with van der Waals surface area (Å²) in [6.45, 7) is -0.195. The summed E-state index contributed by atoms with van der Waals surface area (Å²) in [5.74, 6) is -0.701. The highest BCUT2D eigenvalue weighted by Crippen LogP contribution is 2.36. The third-order valence-corrected chi connectivity index (χ3v) is 4.43. The summed E-state index contributed by atoms with van der Waals surface area (Å²) in [4.78, 5) is 26.3. The number of carbonyl (C=O) groups excluding carboxylic acids is 2. The van der Waals surface area contributed by atoms with Crippen molar-refractivity contribution < 1.29 is 14.7 Å². The Labute approximate surface area is 124 Å². The molecule has 2 amide bonds. The Balaban J connectivity index is 1.81. The van der Waals surface area contributed by atoms with Gasteiger partial charge in [-0.05, 0) is 24.8 Å². The summed E-state index contributed by atoms with van der Waals surface area (Å²) in [5.41, 5.74) is 1.02. The number of likely N-dealkylation sites (tertiary alicyclic amines) is 1. The molecule has 1 aromatic rings. The quantitative estimate of drug-likeness (QED) is 0.674. The molecule has 0 radical (unpaired) electrons. The lowest BCUT2D eigenvalue weighted by atomic mass is 9.85. The average Bonchev–Trinajstić information content (AvgIpc) is 2.78. The van der Waals surface area contributed by atoms with E-state index in [1.807, 2.05) is 42.5 Å². The van der Waals surface area contributed by atoms with Gasteiger partial charge in [-0.3, -0.25) is 14.5 Å². The summed E-state index contributed by atoms with van der Waals surface area (Å²) in [7, 11) is 0. The molecule has 1 aliphatic heterocycles. The van der Waals surface area contributed by atoms with Gasteiger partial charge in [0.1, 0.15) is 0 Å². The number of hydrogen-bond acceptors (Lipinski definition) is 3. The van der Waals surface area contributed by atoms with E-state index in [2.05, 4.69) is 0 Å². The van der Waals surface area contributed by atoms with Crippen molar-refractivity contribution in [3.8, 4) is 0 Å². The Morgan fingerprint density at radius 2 is 1.62 bits per heavy atom. The minimum absolute atomic E-state index is 0.121. The highest BCUT2D eigenvalue weighted by Gasteiger charge is 2.49. The minimum Gasteiger partial charge on any atom is -0.394 e. The lowest BCUT2D eigenvalue weighted by Crippen LogP contribution is -2.44. The molecule has 0 bridgehead atoms.